The number of imidazole rings is 1. The van der Waals surface area contributed by atoms with Crippen LogP contribution in [0.1, 0.15) is 63.1 Å². The van der Waals surface area contributed by atoms with Crippen molar-refractivity contribution in [2.45, 2.75) is 71.5 Å². The van der Waals surface area contributed by atoms with E-state index in [1.165, 1.54) is 49.9 Å². The monoisotopic (exact) mass is 543 g/mol. The van der Waals surface area contributed by atoms with Gasteiger partial charge in [0.25, 0.3) is 0 Å². The second-order valence-electron chi connectivity index (χ2n) is 10.9. The Bertz CT molecular complexity index is 1330. The van der Waals surface area contributed by atoms with Gasteiger partial charge in [-0.25, -0.2) is 9.37 Å². The lowest BCUT2D eigenvalue weighted by atomic mass is 9.89. The fraction of sp³-hybridized carbons (Fsp3) is 0.382. The number of nitrogens with zero attached hydrogens (tertiary/aromatic N) is 3. The Hall–Kier alpha value is -2.95. The van der Waals surface area contributed by atoms with Crippen molar-refractivity contribution in [2.75, 3.05) is 6.54 Å². The van der Waals surface area contributed by atoms with E-state index in [0.717, 1.165) is 60.7 Å². The summed E-state index contributed by atoms with van der Waals surface area (Å²) in [5, 5.41) is 0.497. The van der Waals surface area contributed by atoms with Gasteiger partial charge in [0, 0.05) is 42.3 Å². The number of unbranched alkanes of at least 4 members (excludes halogenated alkanes) is 1. The van der Waals surface area contributed by atoms with Crippen LogP contribution in [0.5, 0.6) is 0 Å². The van der Waals surface area contributed by atoms with Gasteiger partial charge >= 0.3 is 0 Å². The molecule has 1 fully saturated rings. The number of halogens is 2. The number of hydrogen-bond donors (Lipinski definition) is 0. The average Bonchev–Trinajstić information content (AvgIpc) is 3.32. The van der Waals surface area contributed by atoms with E-state index in [2.05, 4.69) is 77.1 Å². The van der Waals surface area contributed by atoms with Gasteiger partial charge in [0.05, 0.1) is 11.4 Å². The molecule has 0 spiro atoms. The fourth-order valence-electron chi connectivity index (χ4n) is 5.86. The molecule has 0 aliphatic heterocycles. The summed E-state index contributed by atoms with van der Waals surface area (Å²) in [5.74, 6) is 1.40. The largest absolute Gasteiger partial charge is 0.326 e. The molecule has 3 aromatic carbocycles. The molecule has 1 aliphatic carbocycles. The van der Waals surface area contributed by atoms with Crippen molar-refractivity contribution in [1.29, 1.82) is 0 Å². The van der Waals surface area contributed by atoms with Gasteiger partial charge in [-0.15, -0.1) is 0 Å². The molecule has 0 N–H and O–H groups in total. The molecule has 1 heterocycles. The molecule has 5 heteroatoms. The summed E-state index contributed by atoms with van der Waals surface area (Å²) >= 11 is 6.55. The normalized spacial score (nSPS) is 14.3. The van der Waals surface area contributed by atoms with Crippen LogP contribution in [0.3, 0.4) is 0 Å². The minimum absolute atomic E-state index is 0.293. The molecule has 0 bridgehead atoms. The van der Waals surface area contributed by atoms with Crippen LogP contribution in [-0.2, 0) is 19.6 Å². The Kier molecular flexibility index (Phi) is 9.49. The lowest BCUT2D eigenvalue weighted by Crippen LogP contribution is -2.31. The lowest BCUT2D eigenvalue weighted by Gasteiger charge is -2.30. The van der Waals surface area contributed by atoms with E-state index >= 15 is 0 Å². The van der Waals surface area contributed by atoms with E-state index in [-0.39, 0.29) is 5.82 Å². The third-order valence-corrected chi connectivity index (χ3v) is 8.26. The maximum absolute atomic E-state index is 13.9. The van der Waals surface area contributed by atoms with Gasteiger partial charge in [-0.3, -0.25) is 4.90 Å². The van der Waals surface area contributed by atoms with Crippen LogP contribution in [0.25, 0.3) is 22.6 Å². The zero-order chi connectivity index (χ0) is 27.0. The second kappa shape index (κ2) is 13.4. The van der Waals surface area contributed by atoms with E-state index in [4.69, 9.17) is 16.6 Å². The Morgan fingerprint density at radius 3 is 2.26 bits per heavy atom. The first-order valence-electron chi connectivity index (χ1n) is 14.5. The number of hydrogen-bond acceptors (Lipinski definition) is 2. The van der Waals surface area contributed by atoms with Gasteiger partial charge in [0.1, 0.15) is 11.6 Å². The molecule has 0 unspecified atom stereocenters. The predicted octanol–water partition coefficient (Wildman–Crippen LogP) is 9.39. The third-order valence-electron chi connectivity index (χ3n) is 7.91. The van der Waals surface area contributed by atoms with Gasteiger partial charge < -0.3 is 4.57 Å². The van der Waals surface area contributed by atoms with E-state index in [1.807, 2.05) is 6.07 Å². The summed E-state index contributed by atoms with van der Waals surface area (Å²) in [5.41, 5.74) is 5.53. The standard InChI is InChI=1S/C34H39ClFN3/c1-2-3-21-39-32(33(27-15-9-5-10-16-27)37-34(39)28-17-11-6-12-18-28)25-38(23-26-13-7-4-8-14-26)24-29-19-20-30(36)22-31(29)35/h5-6,9-12,15-20,22,26H,2-4,7-8,13-14,21,23-25H2,1H3. The van der Waals surface area contributed by atoms with Gasteiger partial charge in [-0.1, -0.05) is 111 Å². The van der Waals surface area contributed by atoms with Crippen LogP contribution in [0.15, 0.2) is 78.9 Å². The minimum Gasteiger partial charge on any atom is -0.326 e. The smallest absolute Gasteiger partial charge is 0.140 e. The highest BCUT2D eigenvalue weighted by molar-refractivity contribution is 6.31. The van der Waals surface area contributed by atoms with Crippen LogP contribution >= 0.6 is 11.6 Å². The SMILES string of the molecule is CCCCn1c(-c2ccccc2)nc(-c2ccccc2)c1CN(Cc1ccc(F)cc1Cl)CC1CCCCC1. The van der Waals surface area contributed by atoms with E-state index in [0.29, 0.717) is 17.5 Å². The van der Waals surface area contributed by atoms with E-state index in [1.54, 1.807) is 0 Å². The molecular weight excluding hydrogens is 505 g/mol. The quantitative estimate of drug-likeness (QED) is 0.188. The number of benzene rings is 3. The predicted molar refractivity (Wildman–Crippen MR) is 160 cm³/mol. The molecule has 0 atom stereocenters. The van der Waals surface area contributed by atoms with Crippen molar-refractivity contribution >= 4 is 11.6 Å². The molecule has 39 heavy (non-hydrogen) atoms. The van der Waals surface area contributed by atoms with Gasteiger partial charge in [0.2, 0.25) is 0 Å². The first-order valence-corrected chi connectivity index (χ1v) is 14.9. The molecule has 0 saturated heterocycles. The van der Waals surface area contributed by atoms with Crippen molar-refractivity contribution in [2.24, 2.45) is 5.92 Å². The van der Waals surface area contributed by atoms with Crippen molar-refractivity contribution in [3.63, 3.8) is 0 Å². The van der Waals surface area contributed by atoms with Crippen molar-refractivity contribution in [1.82, 2.24) is 14.5 Å². The Morgan fingerprint density at radius 1 is 0.897 bits per heavy atom. The molecule has 0 amide bonds. The fourth-order valence-corrected chi connectivity index (χ4v) is 6.09. The van der Waals surface area contributed by atoms with Crippen molar-refractivity contribution in [3.05, 3.63) is 101 Å². The van der Waals surface area contributed by atoms with E-state index < -0.39 is 0 Å². The van der Waals surface area contributed by atoms with Crippen LogP contribution < -0.4 is 0 Å². The zero-order valence-electron chi connectivity index (χ0n) is 23.0. The lowest BCUT2D eigenvalue weighted by molar-refractivity contribution is 0.183. The highest BCUT2D eigenvalue weighted by atomic mass is 35.5. The van der Waals surface area contributed by atoms with Crippen LogP contribution in [0.4, 0.5) is 4.39 Å². The van der Waals surface area contributed by atoms with E-state index in [9.17, 15) is 4.39 Å². The Balaban J connectivity index is 1.58. The number of aromatic nitrogens is 2. The van der Waals surface area contributed by atoms with Gasteiger partial charge in [-0.2, -0.15) is 0 Å². The average molecular weight is 544 g/mol. The molecule has 4 aromatic rings. The molecule has 3 nitrogen and oxygen atoms in total. The Morgan fingerprint density at radius 2 is 1.59 bits per heavy atom. The molecule has 204 valence electrons. The summed E-state index contributed by atoms with van der Waals surface area (Å²) in [6, 6.07) is 25.9. The summed E-state index contributed by atoms with van der Waals surface area (Å²) in [6.07, 6.45) is 8.68. The second-order valence-corrected chi connectivity index (χ2v) is 11.3. The maximum atomic E-state index is 13.9. The van der Waals surface area contributed by atoms with Crippen molar-refractivity contribution in [3.8, 4) is 22.6 Å². The summed E-state index contributed by atoms with van der Waals surface area (Å²) in [4.78, 5) is 7.82. The molecule has 1 aliphatic rings. The molecule has 1 saturated carbocycles. The first-order chi connectivity index (χ1) is 19.1. The summed E-state index contributed by atoms with van der Waals surface area (Å²) in [6.45, 7) is 5.61. The van der Waals surface area contributed by atoms with Crippen LogP contribution in [0.2, 0.25) is 5.02 Å². The topological polar surface area (TPSA) is 21.1 Å². The maximum Gasteiger partial charge on any atom is 0.140 e. The van der Waals surface area contributed by atoms with Gasteiger partial charge in [-0.05, 0) is 42.9 Å². The molecular formula is C34H39ClFN3. The minimum atomic E-state index is -0.293. The highest BCUT2D eigenvalue weighted by Gasteiger charge is 2.24. The van der Waals surface area contributed by atoms with Gasteiger partial charge in [0.15, 0.2) is 0 Å². The summed E-state index contributed by atoms with van der Waals surface area (Å²) in [7, 11) is 0. The summed E-state index contributed by atoms with van der Waals surface area (Å²) < 4.78 is 16.3. The number of rotatable bonds is 11. The highest BCUT2D eigenvalue weighted by Crippen LogP contribution is 2.33. The van der Waals surface area contributed by atoms with Crippen LogP contribution in [-0.4, -0.2) is 21.0 Å². The molecule has 5 rings (SSSR count). The zero-order valence-corrected chi connectivity index (χ0v) is 23.7. The molecule has 1 aromatic heterocycles. The Labute approximate surface area is 237 Å². The van der Waals surface area contributed by atoms with Crippen LogP contribution in [0, 0.1) is 11.7 Å². The third kappa shape index (κ3) is 6.98. The first kappa shape index (κ1) is 27.6. The van der Waals surface area contributed by atoms with Crippen molar-refractivity contribution < 1.29 is 4.39 Å². The molecule has 0 radical (unpaired) electrons.